The third-order valence-electron chi connectivity index (χ3n) is 3.35. The molecule has 0 aliphatic heterocycles. The summed E-state index contributed by atoms with van der Waals surface area (Å²) < 4.78 is 24.2. The molecule has 1 heterocycles. The number of benzene rings is 1. The molecule has 0 aliphatic rings. The summed E-state index contributed by atoms with van der Waals surface area (Å²) >= 11 is 0. The van der Waals surface area contributed by atoms with E-state index in [4.69, 9.17) is 9.15 Å². The minimum atomic E-state index is -0.610. The molecule has 0 radical (unpaired) electrons. The molecule has 4 nitrogen and oxygen atoms in total. The Kier molecular flexibility index (Phi) is 6.77. The van der Waals surface area contributed by atoms with Gasteiger partial charge < -0.3 is 14.3 Å². The number of halogens is 1. The van der Waals surface area contributed by atoms with Crippen LogP contribution < -0.4 is 0 Å². The predicted molar refractivity (Wildman–Crippen MR) is 86.3 cm³/mol. The lowest BCUT2D eigenvalue weighted by Gasteiger charge is -2.24. The molecule has 2 aromatic rings. The zero-order valence-corrected chi connectivity index (χ0v) is 13.6. The Morgan fingerprint density at radius 3 is 2.70 bits per heavy atom. The number of aliphatic hydroxyl groups excluding tert-OH is 1. The fourth-order valence-electron chi connectivity index (χ4n) is 2.36. The van der Waals surface area contributed by atoms with E-state index in [0.717, 1.165) is 11.3 Å². The van der Waals surface area contributed by atoms with E-state index in [2.05, 4.69) is 0 Å². The van der Waals surface area contributed by atoms with Crippen molar-refractivity contribution in [1.29, 1.82) is 0 Å². The minimum Gasteiger partial charge on any atom is -0.468 e. The topological polar surface area (TPSA) is 45.8 Å². The lowest BCUT2D eigenvalue weighted by molar-refractivity contribution is -0.0114. The van der Waals surface area contributed by atoms with Gasteiger partial charge in [0.15, 0.2) is 0 Å². The van der Waals surface area contributed by atoms with Crippen LogP contribution in [0, 0.1) is 5.82 Å². The summed E-state index contributed by atoms with van der Waals surface area (Å²) in [5.41, 5.74) is 0.855. The Balaban J connectivity index is 1.99. The first-order chi connectivity index (χ1) is 11.0. The van der Waals surface area contributed by atoms with E-state index in [1.807, 2.05) is 36.9 Å². The number of nitrogens with zero attached hydrogens (tertiary/aromatic N) is 1. The third-order valence-corrected chi connectivity index (χ3v) is 3.35. The highest BCUT2D eigenvalue weighted by Crippen LogP contribution is 2.12. The number of hydrogen-bond acceptors (Lipinski definition) is 4. The van der Waals surface area contributed by atoms with E-state index < -0.39 is 6.10 Å². The highest BCUT2D eigenvalue weighted by atomic mass is 19.1. The second-order valence-corrected chi connectivity index (χ2v) is 5.91. The van der Waals surface area contributed by atoms with Crippen LogP contribution in [0.3, 0.4) is 0 Å². The predicted octanol–water partition coefficient (Wildman–Crippen LogP) is 3.21. The van der Waals surface area contributed by atoms with Crippen molar-refractivity contribution in [2.75, 3.05) is 13.2 Å². The van der Waals surface area contributed by atoms with Gasteiger partial charge in [-0.05, 0) is 43.7 Å². The second kappa shape index (κ2) is 8.82. The molecule has 5 heteroatoms. The molecular formula is C18H24FNO3. The third kappa shape index (κ3) is 6.52. The normalized spacial score (nSPS) is 13.0. The van der Waals surface area contributed by atoms with E-state index in [1.54, 1.807) is 12.3 Å². The van der Waals surface area contributed by atoms with Gasteiger partial charge in [0, 0.05) is 13.1 Å². The van der Waals surface area contributed by atoms with E-state index in [0.29, 0.717) is 19.6 Å². The molecule has 0 amide bonds. The summed E-state index contributed by atoms with van der Waals surface area (Å²) in [5.74, 6) is 0.544. The van der Waals surface area contributed by atoms with Gasteiger partial charge in [-0.25, -0.2) is 4.39 Å². The molecule has 0 bridgehead atoms. The fourth-order valence-corrected chi connectivity index (χ4v) is 2.36. The van der Waals surface area contributed by atoms with Crippen LogP contribution in [-0.2, 0) is 17.8 Å². The lowest BCUT2D eigenvalue weighted by atomic mass is 10.2. The van der Waals surface area contributed by atoms with E-state index in [9.17, 15) is 9.50 Å². The van der Waals surface area contributed by atoms with Gasteiger partial charge in [-0.2, -0.15) is 0 Å². The van der Waals surface area contributed by atoms with Crippen molar-refractivity contribution in [3.63, 3.8) is 0 Å². The number of furan rings is 1. The van der Waals surface area contributed by atoms with Crippen LogP contribution in [0.15, 0.2) is 47.1 Å². The SMILES string of the molecule is CC(C)OCC(O)CN(Cc1cccc(F)c1)Cc1ccco1. The van der Waals surface area contributed by atoms with Gasteiger partial charge in [-0.15, -0.1) is 0 Å². The smallest absolute Gasteiger partial charge is 0.123 e. The van der Waals surface area contributed by atoms with E-state index in [1.165, 1.54) is 12.1 Å². The Bertz CT molecular complexity index is 571. The first-order valence-corrected chi connectivity index (χ1v) is 7.82. The second-order valence-electron chi connectivity index (χ2n) is 5.91. The molecule has 1 atom stereocenters. The minimum absolute atomic E-state index is 0.0754. The molecule has 0 saturated heterocycles. The van der Waals surface area contributed by atoms with Crippen LogP contribution in [-0.4, -0.2) is 35.4 Å². The molecule has 1 aromatic heterocycles. The van der Waals surface area contributed by atoms with Gasteiger partial charge in [-0.3, -0.25) is 4.90 Å². The number of rotatable bonds is 9. The summed E-state index contributed by atoms with van der Waals surface area (Å²) in [4.78, 5) is 2.02. The fraction of sp³-hybridized carbons (Fsp3) is 0.444. The Morgan fingerprint density at radius 1 is 1.22 bits per heavy atom. The van der Waals surface area contributed by atoms with Crippen molar-refractivity contribution in [2.45, 2.75) is 39.1 Å². The molecule has 23 heavy (non-hydrogen) atoms. The van der Waals surface area contributed by atoms with Crippen molar-refractivity contribution in [1.82, 2.24) is 4.90 Å². The molecule has 2 rings (SSSR count). The molecule has 0 spiro atoms. The first-order valence-electron chi connectivity index (χ1n) is 7.82. The Labute approximate surface area is 136 Å². The zero-order chi connectivity index (χ0) is 16.7. The summed E-state index contributed by atoms with van der Waals surface area (Å²) in [6.45, 7) is 5.62. The Morgan fingerprint density at radius 2 is 2.04 bits per heavy atom. The number of ether oxygens (including phenoxy) is 1. The van der Waals surface area contributed by atoms with Gasteiger partial charge >= 0.3 is 0 Å². The van der Waals surface area contributed by atoms with Gasteiger partial charge in [0.2, 0.25) is 0 Å². The van der Waals surface area contributed by atoms with Crippen molar-refractivity contribution in [3.8, 4) is 0 Å². The summed E-state index contributed by atoms with van der Waals surface area (Å²) in [6, 6.07) is 10.2. The average Bonchev–Trinajstić information content (AvgIpc) is 2.98. The van der Waals surface area contributed by atoms with Gasteiger partial charge in [0.05, 0.1) is 31.6 Å². The number of aliphatic hydroxyl groups is 1. The van der Waals surface area contributed by atoms with Crippen molar-refractivity contribution >= 4 is 0 Å². The summed E-state index contributed by atoms with van der Waals surface area (Å²) in [6.07, 6.45) is 1.08. The van der Waals surface area contributed by atoms with E-state index in [-0.39, 0.29) is 18.5 Å². The molecule has 0 aliphatic carbocycles. The maximum atomic E-state index is 13.4. The van der Waals surface area contributed by atoms with Crippen LogP contribution in [0.2, 0.25) is 0 Å². The molecule has 0 saturated carbocycles. The summed E-state index contributed by atoms with van der Waals surface area (Å²) in [5, 5.41) is 10.2. The van der Waals surface area contributed by atoms with Crippen LogP contribution in [0.1, 0.15) is 25.2 Å². The standard InChI is InChI=1S/C18H24FNO3/c1-14(2)23-13-17(21)11-20(12-18-7-4-8-22-18)10-15-5-3-6-16(19)9-15/h3-9,14,17,21H,10-13H2,1-2H3. The monoisotopic (exact) mass is 321 g/mol. The van der Waals surface area contributed by atoms with Crippen LogP contribution in [0.4, 0.5) is 4.39 Å². The van der Waals surface area contributed by atoms with Crippen molar-refractivity contribution in [3.05, 3.63) is 59.8 Å². The van der Waals surface area contributed by atoms with Crippen molar-refractivity contribution in [2.24, 2.45) is 0 Å². The molecule has 126 valence electrons. The molecule has 1 aromatic carbocycles. The molecular weight excluding hydrogens is 297 g/mol. The maximum Gasteiger partial charge on any atom is 0.123 e. The zero-order valence-electron chi connectivity index (χ0n) is 13.6. The average molecular weight is 321 g/mol. The molecule has 1 unspecified atom stereocenters. The molecule has 1 N–H and O–H groups in total. The number of hydrogen-bond donors (Lipinski definition) is 1. The highest BCUT2D eigenvalue weighted by Gasteiger charge is 2.15. The molecule has 0 fully saturated rings. The van der Waals surface area contributed by atoms with E-state index >= 15 is 0 Å². The van der Waals surface area contributed by atoms with Gasteiger partial charge in [0.25, 0.3) is 0 Å². The first kappa shape index (κ1) is 17.7. The lowest BCUT2D eigenvalue weighted by Crippen LogP contribution is -2.34. The maximum absolute atomic E-state index is 13.4. The summed E-state index contributed by atoms with van der Waals surface area (Å²) in [7, 11) is 0. The Hall–Kier alpha value is -1.69. The largest absolute Gasteiger partial charge is 0.468 e. The highest BCUT2D eigenvalue weighted by molar-refractivity contribution is 5.16. The quantitative estimate of drug-likeness (QED) is 0.770. The van der Waals surface area contributed by atoms with Crippen LogP contribution >= 0.6 is 0 Å². The van der Waals surface area contributed by atoms with Crippen molar-refractivity contribution < 1.29 is 18.7 Å². The van der Waals surface area contributed by atoms with Gasteiger partial charge in [0.1, 0.15) is 11.6 Å². The van der Waals surface area contributed by atoms with Gasteiger partial charge in [-0.1, -0.05) is 12.1 Å². The van der Waals surface area contributed by atoms with Crippen LogP contribution in [0.5, 0.6) is 0 Å². The van der Waals surface area contributed by atoms with Crippen LogP contribution in [0.25, 0.3) is 0 Å².